The predicted octanol–water partition coefficient (Wildman–Crippen LogP) is 2.85. The fraction of sp³-hybridized carbons (Fsp3) is 0.400. The molecule has 0 radical (unpaired) electrons. The molecule has 138 valence electrons. The molecule has 0 bridgehead atoms. The minimum atomic E-state index is -0.110. The number of urea groups is 1. The molecule has 1 N–H and O–H groups in total. The Bertz CT molecular complexity index is 661. The molecule has 6 heteroatoms. The average Bonchev–Trinajstić information content (AvgIpc) is 3.20. The molecule has 1 atom stereocenters. The molecule has 1 aromatic carbocycles. The van der Waals surface area contributed by atoms with Crippen LogP contribution in [0.4, 0.5) is 4.79 Å². The van der Waals surface area contributed by atoms with Crippen LogP contribution in [0.2, 0.25) is 0 Å². The molecule has 0 saturated carbocycles. The molecule has 3 rings (SSSR count). The maximum atomic E-state index is 12.6. The molecule has 0 aliphatic carbocycles. The van der Waals surface area contributed by atoms with Crippen LogP contribution >= 0.6 is 0 Å². The fourth-order valence-corrected chi connectivity index (χ4v) is 2.89. The zero-order chi connectivity index (χ0) is 18.0. The SMILES string of the molecule is O=C(NCc1cccnc1)N(CCOc1ccccc1)C[C@@H]1CCCO1. The molecule has 26 heavy (non-hydrogen) atoms. The number of carbonyl (C=O) groups excluding carboxylic acids is 1. The van der Waals surface area contributed by atoms with E-state index in [1.807, 2.05) is 42.5 Å². The van der Waals surface area contributed by atoms with E-state index in [-0.39, 0.29) is 12.1 Å². The highest BCUT2D eigenvalue weighted by Gasteiger charge is 2.22. The first-order valence-electron chi connectivity index (χ1n) is 9.02. The zero-order valence-corrected chi connectivity index (χ0v) is 14.8. The molecular formula is C20H25N3O3. The highest BCUT2D eigenvalue weighted by molar-refractivity contribution is 5.74. The van der Waals surface area contributed by atoms with Gasteiger partial charge in [0.05, 0.1) is 12.6 Å². The number of nitrogens with one attached hydrogen (secondary N) is 1. The summed E-state index contributed by atoms with van der Waals surface area (Å²) in [5.41, 5.74) is 0.971. The van der Waals surface area contributed by atoms with Crippen LogP contribution < -0.4 is 10.1 Å². The second-order valence-electron chi connectivity index (χ2n) is 6.26. The minimum Gasteiger partial charge on any atom is -0.492 e. The first-order valence-corrected chi connectivity index (χ1v) is 9.02. The van der Waals surface area contributed by atoms with Crippen molar-refractivity contribution in [3.63, 3.8) is 0 Å². The normalized spacial score (nSPS) is 16.2. The lowest BCUT2D eigenvalue weighted by Gasteiger charge is -2.25. The van der Waals surface area contributed by atoms with Gasteiger partial charge >= 0.3 is 6.03 Å². The van der Waals surface area contributed by atoms with E-state index in [2.05, 4.69) is 10.3 Å². The third kappa shape index (κ3) is 5.74. The monoisotopic (exact) mass is 355 g/mol. The number of carbonyl (C=O) groups is 1. The molecule has 6 nitrogen and oxygen atoms in total. The summed E-state index contributed by atoms with van der Waals surface area (Å²) >= 11 is 0. The third-order valence-corrected chi connectivity index (χ3v) is 4.27. The lowest BCUT2D eigenvalue weighted by atomic mass is 10.2. The molecule has 1 saturated heterocycles. The van der Waals surface area contributed by atoms with E-state index < -0.39 is 0 Å². The van der Waals surface area contributed by atoms with Crippen molar-refractivity contribution in [3.05, 3.63) is 60.4 Å². The Labute approximate surface area is 154 Å². The van der Waals surface area contributed by atoms with E-state index in [1.54, 1.807) is 17.3 Å². The Kier molecular flexibility index (Phi) is 6.84. The van der Waals surface area contributed by atoms with Crippen LogP contribution in [0.5, 0.6) is 5.75 Å². The maximum absolute atomic E-state index is 12.6. The minimum absolute atomic E-state index is 0.107. The van der Waals surface area contributed by atoms with Crippen molar-refractivity contribution in [2.24, 2.45) is 0 Å². The lowest BCUT2D eigenvalue weighted by Crippen LogP contribution is -2.45. The van der Waals surface area contributed by atoms with E-state index in [9.17, 15) is 4.79 Å². The predicted molar refractivity (Wildman–Crippen MR) is 99.0 cm³/mol. The zero-order valence-electron chi connectivity index (χ0n) is 14.8. The van der Waals surface area contributed by atoms with E-state index in [4.69, 9.17) is 9.47 Å². The number of hydrogen-bond acceptors (Lipinski definition) is 4. The molecule has 0 unspecified atom stereocenters. The first kappa shape index (κ1) is 18.2. The largest absolute Gasteiger partial charge is 0.492 e. The van der Waals surface area contributed by atoms with E-state index in [0.717, 1.165) is 30.8 Å². The summed E-state index contributed by atoms with van der Waals surface area (Å²) in [5, 5.41) is 2.96. The number of pyridine rings is 1. The molecule has 2 heterocycles. The number of benzene rings is 1. The van der Waals surface area contributed by atoms with Crippen LogP contribution in [0, 0.1) is 0 Å². The standard InChI is InChI=1S/C20H25N3O3/c24-20(22-15-17-6-4-10-21-14-17)23(16-19-9-5-12-25-19)11-13-26-18-7-2-1-3-8-18/h1-4,6-8,10,14,19H,5,9,11-13,15-16H2,(H,22,24)/t19-/m0/s1. The van der Waals surface area contributed by atoms with Crippen molar-refractivity contribution < 1.29 is 14.3 Å². The third-order valence-electron chi connectivity index (χ3n) is 4.27. The van der Waals surface area contributed by atoms with Gasteiger partial charge in [-0.15, -0.1) is 0 Å². The maximum Gasteiger partial charge on any atom is 0.317 e. The Hall–Kier alpha value is -2.60. The van der Waals surface area contributed by atoms with Gasteiger partial charge in [-0.05, 0) is 36.6 Å². The van der Waals surface area contributed by atoms with Gasteiger partial charge in [0.1, 0.15) is 12.4 Å². The Morgan fingerprint density at radius 1 is 1.27 bits per heavy atom. The Balaban J connectivity index is 1.52. The lowest BCUT2D eigenvalue weighted by molar-refractivity contribution is 0.0773. The van der Waals surface area contributed by atoms with Crippen LogP contribution in [0.15, 0.2) is 54.9 Å². The molecule has 1 fully saturated rings. The molecule has 2 amide bonds. The first-order chi connectivity index (χ1) is 12.8. The van der Waals surface area contributed by atoms with Crippen molar-refractivity contribution in [2.45, 2.75) is 25.5 Å². The van der Waals surface area contributed by atoms with E-state index >= 15 is 0 Å². The van der Waals surface area contributed by atoms with Gasteiger partial charge in [-0.3, -0.25) is 4.98 Å². The molecule has 2 aromatic rings. The number of hydrogen-bond donors (Lipinski definition) is 1. The second-order valence-corrected chi connectivity index (χ2v) is 6.26. The average molecular weight is 355 g/mol. The van der Waals surface area contributed by atoms with Crippen molar-refractivity contribution in [1.29, 1.82) is 0 Å². The van der Waals surface area contributed by atoms with Gasteiger partial charge in [-0.25, -0.2) is 4.79 Å². The van der Waals surface area contributed by atoms with Gasteiger partial charge in [0.2, 0.25) is 0 Å². The fourth-order valence-electron chi connectivity index (χ4n) is 2.89. The summed E-state index contributed by atoms with van der Waals surface area (Å²) in [4.78, 5) is 18.5. The van der Waals surface area contributed by atoms with Crippen molar-refractivity contribution in [1.82, 2.24) is 15.2 Å². The van der Waals surface area contributed by atoms with E-state index in [0.29, 0.717) is 26.2 Å². The second kappa shape index (κ2) is 9.77. The molecule has 1 aromatic heterocycles. The number of aromatic nitrogens is 1. The Morgan fingerprint density at radius 2 is 2.15 bits per heavy atom. The molecule has 1 aliphatic rings. The highest BCUT2D eigenvalue weighted by atomic mass is 16.5. The quantitative estimate of drug-likeness (QED) is 0.791. The van der Waals surface area contributed by atoms with Crippen LogP contribution in [0.1, 0.15) is 18.4 Å². The number of para-hydroxylation sites is 1. The van der Waals surface area contributed by atoms with Gasteiger partial charge in [-0.1, -0.05) is 24.3 Å². The number of rotatable bonds is 8. The van der Waals surface area contributed by atoms with Gasteiger partial charge in [0.25, 0.3) is 0 Å². The summed E-state index contributed by atoms with van der Waals surface area (Å²) in [7, 11) is 0. The number of amides is 2. The number of nitrogens with zero attached hydrogens (tertiary/aromatic N) is 2. The molecule has 0 spiro atoms. The topological polar surface area (TPSA) is 63.7 Å². The summed E-state index contributed by atoms with van der Waals surface area (Å²) in [6.07, 6.45) is 5.62. The van der Waals surface area contributed by atoms with Gasteiger partial charge in [0.15, 0.2) is 0 Å². The molecular weight excluding hydrogens is 330 g/mol. The summed E-state index contributed by atoms with van der Waals surface area (Å²) in [6, 6.07) is 13.3. The Morgan fingerprint density at radius 3 is 2.88 bits per heavy atom. The summed E-state index contributed by atoms with van der Waals surface area (Å²) in [5.74, 6) is 0.806. The highest BCUT2D eigenvalue weighted by Crippen LogP contribution is 2.14. The van der Waals surface area contributed by atoms with Crippen molar-refractivity contribution >= 4 is 6.03 Å². The van der Waals surface area contributed by atoms with Crippen molar-refractivity contribution in [2.75, 3.05) is 26.3 Å². The smallest absolute Gasteiger partial charge is 0.317 e. The van der Waals surface area contributed by atoms with Crippen LogP contribution in [-0.4, -0.2) is 48.3 Å². The van der Waals surface area contributed by atoms with Gasteiger partial charge in [0, 0.05) is 32.1 Å². The van der Waals surface area contributed by atoms with Crippen LogP contribution in [0.25, 0.3) is 0 Å². The van der Waals surface area contributed by atoms with Crippen LogP contribution in [0.3, 0.4) is 0 Å². The van der Waals surface area contributed by atoms with Gasteiger partial charge in [-0.2, -0.15) is 0 Å². The van der Waals surface area contributed by atoms with Gasteiger partial charge < -0.3 is 19.7 Å². The van der Waals surface area contributed by atoms with Crippen LogP contribution in [-0.2, 0) is 11.3 Å². The number of ether oxygens (including phenoxy) is 2. The van der Waals surface area contributed by atoms with Crippen molar-refractivity contribution in [3.8, 4) is 5.75 Å². The molecule has 1 aliphatic heterocycles. The summed E-state index contributed by atoms with van der Waals surface area (Å²) < 4.78 is 11.4. The summed E-state index contributed by atoms with van der Waals surface area (Å²) in [6.45, 7) is 2.76. The van der Waals surface area contributed by atoms with E-state index in [1.165, 1.54) is 0 Å².